The van der Waals surface area contributed by atoms with Gasteiger partial charge in [-0.15, -0.1) is 0 Å². The van der Waals surface area contributed by atoms with E-state index in [0.29, 0.717) is 0 Å². The van der Waals surface area contributed by atoms with E-state index in [-0.39, 0.29) is 30.0 Å². The fourth-order valence-electron chi connectivity index (χ4n) is 3.95. The number of hydrogen-bond donors (Lipinski definition) is 2. The fourth-order valence-corrected chi connectivity index (χ4v) is 3.95. The molecule has 1 aliphatic carbocycles. The van der Waals surface area contributed by atoms with E-state index in [0.717, 1.165) is 30.6 Å². The summed E-state index contributed by atoms with van der Waals surface area (Å²) in [6, 6.07) is 7.87. The Labute approximate surface area is 145 Å². The van der Waals surface area contributed by atoms with Crippen molar-refractivity contribution in [3.63, 3.8) is 0 Å². The van der Waals surface area contributed by atoms with Gasteiger partial charge >= 0.3 is 0 Å². The molecule has 25 heavy (non-hydrogen) atoms. The van der Waals surface area contributed by atoms with Gasteiger partial charge in [0.05, 0.1) is 6.04 Å². The van der Waals surface area contributed by atoms with E-state index >= 15 is 0 Å². The summed E-state index contributed by atoms with van der Waals surface area (Å²) in [5.74, 6) is 0.848. The first-order chi connectivity index (χ1) is 12.2. The van der Waals surface area contributed by atoms with Gasteiger partial charge in [0.1, 0.15) is 17.9 Å². The zero-order valence-electron chi connectivity index (χ0n) is 14.0. The number of rotatable bonds is 3. The molecule has 1 unspecified atom stereocenters. The summed E-state index contributed by atoms with van der Waals surface area (Å²) in [6.07, 6.45) is 6.46. The normalized spacial score (nSPS) is 21.4. The smallest absolute Gasteiger partial charge is 0.242 e. The number of fused-ring (bicyclic) bond motifs is 1. The van der Waals surface area contributed by atoms with E-state index in [1.807, 2.05) is 24.3 Å². The Kier molecular flexibility index (Phi) is 4.03. The second-order valence-corrected chi connectivity index (χ2v) is 6.90. The van der Waals surface area contributed by atoms with Gasteiger partial charge in [-0.05, 0) is 42.2 Å². The minimum Gasteiger partial charge on any atom is -0.487 e. The highest BCUT2D eigenvalue weighted by atomic mass is 16.5. The van der Waals surface area contributed by atoms with Crippen LogP contribution in [-0.4, -0.2) is 31.7 Å². The summed E-state index contributed by atoms with van der Waals surface area (Å²) in [7, 11) is 0. The molecule has 1 aromatic heterocycles. The fraction of sp³-hybridized carbons (Fsp3) is 0.529. The first-order valence-corrected chi connectivity index (χ1v) is 8.74. The van der Waals surface area contributed by atoms with Crippen molar-refractivity contribution in [3.05, 3.63) is 29.8 Å². The molecule has 0 saturated heterocycles. The molecular weight excluding hydrogens is 320 g/mol. The Morgan fingerprint density at radius 2 is 2.12 bits per heavy atom. The molecule has 0 bridgehead atoms. The van der Waals surface area contributed by atoms with Crippen LogP contribution < -0.4 is 15.8 Å². The molecule has 1 fully saturated rings. The van der Waals surface area contributed by atoms with E-state index in [1.54, 1.807) is 0 Å². The average molecular weight is 342 g/mol. The molecule has 8 nitrogen and oxygen atoms in total. The van der Waals surface area contributed by atoms with Crippen molar-refractivity contribution in [1.29, 1.82) is 0 Å². The van der Waals surface area contributed by atoms with Crippen LogP contribution in [0.5, 0.6) is 5.75 Å². The van der Waals surface area contributed by atoms with E-state index in [4.69, 9.17) is 10.5 Å². The van der Waals surface area contributed by atoms with Gasteiger partial charge in [0.2, 0.25) is 11.9 Å². The third kappa shape index (κ3) is 3.16. The largest absolute Gasteiger partial charge is 0.487 e. The first-order valence-electron chi connectivity index (χ1n) is 8.74. The molecule has 2 aliphatic rings. The highest BCUT2D eigenvalue weighted by Crippen LogP contribution is 2.45. The van der Waals surface area contributed by atoms with Crippen molar-refractivity contribution in [2.24, 2.45) is 0 Å². The number of nitrogens with one attached hydrogen (secondary N) is 1. The van der Waals surface area contributed by atoms with Gasteiger partial charge < -0.3 is 15.8 Å². The van der Waals surface area contributed by atoms with Crippen LogP contribution in [0.4, 0.5) is 5.95 Å². The van der Waals surface area contributed by atoms with Gasteiger partial charge in [-0.25, -0.2) is 4.68 Å². The van der Waals surface area contributed by atoms with Gasteiger partial charge in [-0.3, -0.25) is 4.79 Å². The van der Waals surface area contributed by atoms with Crippen molar-refractivity contribution >= 4 is 11.9 Å². The van der Waals surface area contributed by atoms with Gasteiger partial charge in [-0.1, -0.05) is 29.7 Å². The van der Waals surface area contributed by atoms with Crippen molar-refractivity contribution in [2.75, 3.05) is 5.73 Å². The number of para-hydroxylation sites is 1. The number of benzene rings is 1. The number of aromatic nitrogens is 4. The van der Waals surface area contributed by atoms with Crippen LogP contribution in [0.25, 0.3) is 0 Å². The molecule has 132 valence electrons. The maximum atomic E-state index is 12.5. The van der Waals surface area contributed by atoms with Gasteiger partial charge in [0, 0.05) is 12.0 Å². The summed E-state index contributed by atoms with van der Waals surface area (Å²) in [5.41, 5.74) is 6.49. The minimum absolute atomic E-state index is 0.00531. The summed E-state index contributed by atoms with van der Waals surface area (Å²) in [5, 5.41) is 13.9. The summed E-state index contributed by atoms with van der Waals surface area (Å²) < 4.78 is 7.68. The number of nitrogen functional groups attached to an aromatic ring is 1. The minimum atomic E-state index is -0.168. The third-order valence-electron chi connectivity index (χ3n) is 5.15. The number of nitrogens with zero attached hydrogens (tertiary/aromatic N) is 4. The van der Waals surface area contributed by atoms with Crippen LogP contribution >= 0.6 is 0 Å². The van der Waals surface area contributed by atoms with Crippen molar-refractivity contribution in [3.8, 4) is 5.75 Å². The number of tetrazole rings is 1. The van der Waals surface area contributed by atoms with Gasteiger partial charge in [0.25, 0.3) is 0 Å². The number of ether oxygens (including phenoxy) is 1. The van der Waals surface area contributed by atoms with Crippen LogP contribution in [0, 0.1) is 0 Å². The molecule has 1 amide bonds. The first kappa shape index (κ1) is 15.9. The number of anilines is 1. The molecular formula is C17H22N6O2. The number of nitrogens with two attached hydrogens (primary N) is 1. The van der Waals surface area contributed by atoms with E-state index in [2.05, 4.69) is 20.8 Å². The van der Waals surface area contributed by atoms with Crippen LogP contribution in [0.2, 0.25) is 0 Å². The van der Waals surface area contributed by atoms with Crippen LogP contribution in [0.1, 0.15) is 50.1 Å². The predicted octanol–water partition coefficient (Wildman–Crippen LogP) is 1.60. The Morgan fingerprint density at radius 1 is 1.32 bits per heavy atom. The molecule has 3 N–H and O–H groups in total. The van der Waals surface area contributed by atoms with Crippen molar-refractivity contribution in [2.45, 2.75) is 56.7 Å². The molecule has 1 spiro atoms. The lowest BCUT2D eigenvalue weighted by atomic mass is 9.77. The summed E-state index contributed by atoms with van der Waals surface area (Å²) >= 11 is 0. The highest BCUT2D eigenvalue weighted by Gasteiger charge is 2.42. The Bertz CT molecular complexity index is 768. The average Bonchev–Trinajstić information content (AvgIpc) is 3.00. The SMILES string of the molecule is Nc1nnnn1CC(=O)NC1CC2(CCCCC2)Oc2ccccc21. The number of hydrogen-bond acceptors (Lipinski definition) is 6. The standard InChI is InChI=1S/C17H22N6O2/c18-16-20-21-22-23(16)11-15(24)19-13-10-17(8-4-1-5-9-17)25-14-7-3-2-6-12(13)14/h2-3,6-7,13H,1,4-5,8-11H2,(H,19,24)(H2,18,20,22). The topological polar surface area (TPSA) is 108 Å². The Balaban J connectivity index is 1.54. The highest BCUT2D eigenvalue weighted by molar-refractivity contribution is 5.76. The van der Waals surface area contributed by atoms with E-state index < -0.39 is 0 Å². The van der Waals surface area contributed by atoms with Crippen LogP contribution in [0.15, 0.2) is 24.3 Å². The van der Waals surface area contributed by atoms with Crippen molar-refractivity contribution < 1.29 is 9.53 Å². The number of amides is 1. The van der Waals surface area contributed by atoms with Crippen molar-refractivity contribution in [1.82, 2.24) is 25.5 Å². The number of carbonyl (C=O) groups excluding carboxylic acids is 1. The maximum Gasteiger partial charge on any atom is 0.242 e. The lowest BCUT2D eigenvalue weighted by Gasteiger charge is -2.44. The van der Waals surface area contributed by atoms with Crippen LogP contribution in [0.3, 0.4) is 0 Å². The van der Waals surface area contributed by atoms with E-state index in [9.17, 15) is 4.79 Å². The second kappa shape index (κ2) is 6.34. The molecule has 0 radical (unpaired) electrons. The molecule has 4 rings (SSSR count). The van der Waals surface area contributed by atoms with Gasteiger partial charge in [0.15, 0.2) is 0 Å². The molecule has 2 aromatic rings. The lowest BCUT2D eigenvalue weighted by molar-refractivity contribution is -0.123. The summed E-state index contributed by atoms with van der Waals surface area (Å²) in [4.78, 5) is 12.5. The second-order valence-electron chi connectivity index (χ2n) is 6.90. The monoisotopic (exact) mass is 342 g/mol. The zero-order chi connectivity index (χ0) is 17.3. The lowest BCUT2D eigenvalue weighted by Crippen LogP contribution is -2.47. The van der Waals surface area contributed by atoms with E-state index in [1.165, 1.54) is 23.9 Å². The molecule has 1 aliphatic heterocycles. The third-order valence-corrected chi connectivity index (χ3v) is 5.15. The molecule has 1 saturated carbocycles. The Hall–Kier alpha value is -2.64. The maximum absolute atomic E-state index is 12.5. The quantitative estimate of drug-likeness (QED) is 0.877. The Morgan fingerprint density at radius 3 is 2.88 bits per heavy atom. The molecule has 1 aromatic carbocycles. The predicted molar refractivity (Wildman–Crippen MR) is 90.6 cm³/mol. The number of carbonyl (C=O) groups is 1. The molecule has 2 heterocycles. The van der Waals surface area contributed by atoms with Crippen LogP contribution in [-0.2, 0) is 11.3 Å². The summed E-state index contributed by atoms with van der Waals surface area (Å²) in [6.45, 7) is 0.00531. The molecule has 1 atom stereocenters. The van der Waals surface area contributed by atoms with Gasteiger partial charge in [-0.2, -0.15) is 0 Å². The zero-order valence-corrected chi connectivity index (χ0v) is 14.0. The molecule has 8 heteroatoms.